The lowest BCUT2D eigenvalue weighted by Gasteiger charge is -2.13. The fraction of sp³-hybridized carbons (Fsp3) is 0.250. The van der Waals surface area contributed by atoms with Crippen molar-refractivity contribution in [2.75, 3.05) is 38.7 Å². The van der Waals surface area contributed by atoms with Crippen LogP contribution in [-0.2, 0) is 11.3 Å². The van der Waals surface area contributed by atoms with E-state index in [4.69, 9.17) is 20.6 Å². The molecule has 0 fully saturated rings. The van der Waals surface area contributed by atoms with Crippen LogP contribution >= 0.6 is 0 Å². The lowest BCUT2D eigenvalue weighted by atomic mass is 10.1. The summed E-state index contributed by atoms with van der Waals surface area (Å²) >= 11 is 0. The highest BCUT2D eigenvalue weighted by Crippen LogP contribution is 2.32. The summed E-state index contributed by atoms with van der Waals surface area (Å²) in [5.74, 6) is -2.99. The topological polar surface area (TPSA) is 94.7 Å². The summed E-state index contributed by atoms with van der Waals surface area (Å²) in [6.07, 6.45) is 0. The Morgan fingerprint density at radius 1 is 1.10 bits per heavy atom. The van der Waals surface area contributed by atoms with E-state index in [-0.39, 0.29) is 23.6 Å². The number of hydrogen-bond acceptors (Lipinski definition) is 6. The second-order valence-electron chi connectivity index (χ2n) is 6.79. The van der Waals surface area contributed by atoms with Gasteiger partial charge in [0, 0.05) is 18.2 Å². The molecule has 6 nitrogen and oxygen atoms in total. The van der Waals surface area contributed by atoms with Crippen molar-refractivity contribution in [2.24, 2.45) is 0 Å². The van der Waals surface area contributed by atoms with Crippen molar-refractivity contribution in [1.82, 2.24) is 4.90 Å². The zero-order valence-electron chi connectivity index (χ0n) is 15.9. The maximum atomic E-state index is 15.0. The Kier molecular flexibility index (Phi) is 5.81. The minimum absolute atomic E-state index is 0.0912. The fourth-order valence-electron chi connectivity index (χ4n) is 2.78. The van der Waals surface area contributed by atoms with Crippen LogP contribution in [0, 0.1) is 17.5 Å². The van der Waals surface area contributed by atoms with E-state index in [1.54, 1.807) is 0 Å². The van der Waals surface area contributed by atoms with Gasteiger partial charge in [-0.05, 0) is 32.3 Å². The van der Waals surface area contributed by atoms with E-state index in [9.17, 15) is 13.6 Å². The molecule has 0 aliphatic rings. The maximum Gasteiger partial charge on any atom is 0.195 e. The van der Waals surface area contributed by atoms with Gasteiger partial charge >= 0.3 is 0 Å². The summed E-state index contributed by atoms with van der Waals surface area (Å²) in [7, 11) is 3.66. The van der Waals surface area contributed by atoms with E-state index < -0.39 is 51.7 Å². The Morgan fingerprint density at radius 3 is 2.48 bits per heavy atom. The standard InChI is InChI=1S/C20H20F3N3O3/c1-26(2)5-6-28-9-11-17(22)19(25)16-14(27)8-15(29-20(16)18(11)23)10-3-4-13(24)12(21)7-10/h3-4,7-8H,5-6,9,24-25H2,1-2H3. The number of likely N-dealkylation sites (N-methyl/N-ethyl adjacent to an activating group) is 1. The molecule has 4 N–H and O–H groups in total. The average Bonchev–Trinajstić information content (AvgIpc) is 2.67. The smallest absolute Gasteiger partial charge is 0.195 e. The summed E-state index contributed by atoms with van der Waals surface area (Å²) in [5, 5.41) is -0.420. The van der Waals surface area contributed by atoms with Crippen molar-refractivity contribution < 1.29 is 22.3 Å². The van der Waals surface area contributed by atoms with Gasteiger partial charge in [0.15, 0.2) is 22.6 Å². The Balaban J connectivity index is 2.11. The highest BCUT2D eigenvalue weighted by Gasteiger charge is 2.23. The first-order valence-corrected chi connectivity index (χ1v) is 8.71. The highest BCUT2D eigenvalue weighted by molar-refractivity contribution is 5.91. The molecule has 2 aromatic carbocycles. The summed E-state index contributed by atoms with van der Waals surface area (Å²) in [6, 6.07) is 4.75. The lowest BCUT2D eigenvalue weighted by molar-refractivity contribution is 0.101. The van der Waals surface area contributed by atoms with Crippen molar-refractivity contribution in [3.63, 3.8) is 0 Å². The van der Waals surface area contributed by atoms with E-state index in [2.05, 4.69) is 0 Å². The number of hydrogen-bond donors (Lipinski definition) is 2. The molecule has 3 rings (SSSR count). The second kappa shape index (κ2) is 8.14. The molecule has 0 radical (unpaired) electrons. The normalized spacial score (nSPS) is 11.5. The van der Waals surface area contributed by atoms with Crippen molar-refractivity contribution in [3.8, 4) is 11.3 Å². The van der Waals surface area contributed by atoms with E-state index in [1.165, 1.54) is 12.1 Å². The minimum Gasteiger partial charge on any atom is -0.453 e. The van der Waals surface area contributed by atoms with Gasteiger partial charge in [0.1, 0.15) is 11.6 Å². The molecule has 0 atom stereocenters. The number of ether oxygens (including phenoxy) is 1. The number of rotatable bonds is 6. The summed E-state index contributed by atoms with van der Waals surface area (Å²) in [6.45, 7) is 0.392. The SMILES string of the molecule is CN(C)CCOCc1c(F)c(N)c2c(=O)cc(-c3ccc(N)c(F)c3)oc2c1F. The van der Waals surface area contributed by atoms with Crippen LogP contribution in [-0.4, -0.2) is 32.1 Å². The quantitative estimate of drug-likeness (QED) is 0.482. The Morgan fingerprint density at radius 2 is 1.83 bits per heavy atom. The lowest BCUT2D eigenvalue weighted by Crippen LogP contribution is -2.18. The molecule has 0 spiro atoms. The van der Waals surface area contributed by atoms with Gasteiger partial charge in [0.2, 0.25) is 0 Å². The van der Waals surface area contributed by atoms with Crippen LogP contribution in [0.4, 0.5) is 24.5 Å². The largest absolute Gasteiger partial charge is 0.453 e. The van der Waals surface area contributed by atoms with Crippen molar-refractivity contribution in [3.05, 3.63) is 57.5 Å². The highest BCUT2D eigenvalue weighted by atomic mass is 19.1. The zero-order chi connectivity index (χ0) is 21.3. The average molecular weight is 407 g/mol. The molecule has 0 aliphatic heterocycles. The molecule has 0 amide bonds. The minimum atomic E-state index is -1.09. The predicted octanol–water partition coefficient (Wildman–Crippen LogP) is 3.12. The molecular formula is C20H20F3N3O3. The number of fused-ring (bicyclic) bond motifs is 1. The van der Waals surface area contributed by atoms with Crippen LogP contribution in [0.5, 0.6) is 0 Å². The molecule has 29 heavy (non-hydrogen) atoms. The van der Waals surface area contributed by atoms with Gasteiger partial charge in [-0.1, -0.05) is 0 Å². The third kappa shape index (κ3) is 4.06. The third-order valence-electron chi connectivity index (χ3n) is 4.40. The van der Waals surface area contributed by atoms with Gasteiger partial charge in [-0.3, -0.25) is 4.79 Å². The maximum absolute atomic E-state index is 15.0. The first-order valence-electron chi connectivity index (χ1n) is 8.71. The van der Waals surface area contributed by atoms with Gasteiger partial charge in [0.25, 0.3) is 0 Å². The molecule has 0 unspecified atom stereocenters. The zero-order valence-corrected chi connectivity index (χ0v) is 15.9. The number of nitrogens with two attached hydrogens (primary N) is 2. The molecule has 9 heteroatoms. The van der Waals surface area contributed by atoms with Crippen molar-refractivity contribution >= 4 is 22.3 Å². The molecule has 0 saturated heterocycles. The molecule has 0 bridgehead atoms. The molecule has 0 saturated carbocycles. The van der Waals surface area contributed by atoms with Crippen molar-refractivity contribution in [1.29, 1.82) is 0 Å². The number of nitrogens with zero attached hydrogens (tertiary/aromatic N) is 1. The molecule has 1 heterocycles. The molecule has 154 valence electrons. The summed E-state index contributed by atoms with van der Waals surface area (Å²) in [4.78, 5) is 14.3. The van der Waals surface area contributed by atoms with E-state index in [0.717, 1.165) is 12.1 Å². The van der Waals surface area contributed by atoms with Gasteiger partial charge in [-0.2, -0.15) is 0 Å². The third-order valence-corrected chi connectivity index (χ3v) is 4.40. The second-order valence-corrected chi connectivity index (χ2v) is 6.79. The first-order chi connectivity index (χ1) is 13.7. The van der Waals surface area contributed by atoms with Crippen LogP contribution < -0.4 is 16.9 Å². The van der Waals surface area contributed by atoms with Crippen LogP contribution in [0.3, 0.4) is 0 Å². The van der Waals surface area contributed by atoms with Gasteiger partial charge in [-0.15, -0.1) is 0 Å². The van der Waals surface area contributed by atoms with Crippen LogP contribution in [0.25, 0.3) is 22.3 Å². The summed E-state index contributed by atoms with van der Waals surface area (Å²) in [5.41, 5.74) is 9.00. The van der Waals surface area contributed by atoms with Gasteiger partial charge in [-0.25, -0.2) is 13.2 Å². The fourth-order valence-corrected chi connectivity index (χ4v) is 2.78. The van der Waals surface area contributed by atoms with Gasteiger partial charge in [0.05, 0.1) is 35.5 Å². The number of halogens is 3. The first kappa shape index (κ1) is 20.7. The number of nitrogen functional groups attached to an aromatic ring is 2. The Labute approximate surface area is 164 Å². The van der Waals surface area contributed by atoms with Crippen LogP contribution in [0.15, 0.2) is 33.5 Å². The molecule has 0 aliphatic carbocycles. The summed E-state index contributed by atoms with van der Waals surface area (Å²) < 4.78 is 54.1. The van der Waals surface area contributed by atoms with E-state index in [0.29, 0.717) is 6.54 Å². The Bertz CT molecular complexity index is 1130. The molecule has 1 aromatic heterocycles. The van der Waals surface area contributed by atoms with Crippen LogP contribution in [0.2, 0.25) is 0 Å². The molecular weight excluding hydrogens is 387 g/mol. The van der Waals surface area contributed by atoms with Gasteiger partial charge < -0.3 is 25.5 Å². The monoisotopic (exact) mass is 407 g/mol. The number of anilines is 2. The van der Waals surface area contributed by atoms with Crippen molar-refractivity contribution in [2.45, 2.75) is 6.61 Å². The van der Waals surface area contributed by atoms with Crippen LogP contribution in [0.1, 0.15) is 5.56 Å². The van der Waals surface area contributed by atoms with E-state index >= 15 is 4.39 Å². The van der Waals surface area contributed by atoms with E-state index in [1.807, 2.05) is 19.0 Å². The Hall–Kier alpha value is -3.04. The molecule has 3 aromatic rings. The predicted molar refractivity (Wildman–Crippen MR) is 105 cm³/mol. The number of benzene rings is 2.